The quantitative estimate of drug-likeness (QED) is 0.208. The van der Waals surface area contributed by atoms with E-state index in [-0.39, 0.29) is 54.2 Å². The van der Waals surface area contributed by atoms with Gasteiger partial charge in [-0.1, -0.05) is 27.7 Å². The van der Waals surface area contributed by atoms with E-state index in [0.29, 0.717) is 0 Å². The minimum atomic E-state index is -5.17. The molecule has 2 N–H and O–H groups in total. The number of rotatable bonds is 0. The summed E-state index contributed by atoms with van der Waals surface area (Å²) >= 11 is 0. The third-order valence-electron chi connectivity index (χ3n) is 0. The monoisotopic (exact) mass is 794 g/mol. The molecule has 0 saturated carbocycles. The molecule has 160 valence electrons. The van der Waals surface area contributed by atoms with Gasteiger partial charge >= 0.3 is 42.1 Å². The van der Waals surface area contributed by atoms with Gasteiger partial charge in [-0.15, -0.1) is 12.1 Å². The molecular formula is C6H16N2O12Pt2S3. The smallest absolute Gasteiger partial charge is 0.759 e. The van der Waals surface area contributed by atoms with Gasteiger partial charge in [-0.3, -0.25) is 25.3 Å². The molecule has 0 bridgehead atoms. The molecule has 19 heteroatoms. The maximum Gasteiger partial charge on any atom is 4.00 e. The van der Waals surface area contributed by atoms with Gasteiger partial charge in [-0.25, -0.2) is 0 Å². The Labute approximate surface area is 176 Å². The summed E-state index contributed by atoms with van der Waals surface area (Å²) in [7, 11) is -15.5. The Bertz CT molecular complexity index is 439. The molecule has 0 fully saturated rings. The standard InChI is InChI=1S/2C3H8N.3H2O4S.2Pt/c2*1-3(2)4;3*1-5(2,3)4;;/h2*3-4H,1-2H3;3*(H2,1,2,3,4);;/q2*-1;;;;2*+4/p-6. The van der Waals surface area contributed by atoms with E-state index in [9.17, 15) is 0 Å². The molecule has 25 heavy (non-hydrogen) atoms. The summed E-state index contributed by atoms with van der Waals surface area (Å²) in [6, 6.07) is 0.167. The summed E-state index contributed by atoms with van der Waals surface area (Å²) in [5.74, 6) is 0. The van der Waals surface area contributed by atoms with Crippen LogP contribution in [-0.2, 0) is 73.3 Å². The summed E-state index contributed by atoms with van der Waals surface area (Å²) in [5.41, 5.74) is 13.2. The molecule has 14 nitrogen and oxygen atoms in total. The van der Waals surface area contributed by atoms with Crippen molar-refractivity contribution >= 4 is 31.2 Å². The average molecular weight is 795 g/mol. The molecule has 0 aliphatic rings. The van der Waals surface area contributed by atoms with Crippen LogP contribution in [0.4, 0.5) is 0 Å². The van der Waals surface area contributed by atoms with E-state index in [0.717, 1.165) is 0 Å². The van der Waals surface area contributed by atoms with E-state index in [4.69, 9.17) is 64.0 Å². The van der Waals surface area contributed by atoms with Crippen LogP contribution in [0.5, 0.6) is 0 Å². The molecule has 0 aliphatic heterocycles. The maximum atomic E-state index is 8.52. The minimum absolute atomic E-state index is 0. The average Bonchev–Trinajstić information content (AvgIpc) is 1.85. The second-order valence-electron chi connectivity index (χ2n) is 3.53. The van der Waals surface area contributed by atoms with Gasteiger partial charge in [-0.2, -0.15) is 0 Å². The first-order valence-electron chi connectivity index (χ1n) is 4.89. The molecule has 0 aliphatic carbocycles. The molecule has 0 amide bonds. The first-order chi connectivity index (χ1) is 9.46. The van der Waals surface area contributed by atoms with Crippen molar-refractivity contribution in [2.75, 3.05) is 0 Å². The topological polar surface area (TPSA) is 288 Å². The van der Waals surface area contributed by atoms with E-state index in [1.807, 2.05) is 27.7 Å². The minimum Gasteiger partial charge on any atom is -0.759 e. The van der Waals surface area contributed by atoms with Crippen molar-refractivity contribution in [1.82, 2.24) is 0 Å². The van der Waals surface area contributed by atoms with Gasteiger partial charge in [0.1, 0.15) is 0 Å². The number of hydrogen-bond donors (Lipinski definition) is 0. The Hall–Kier alpha value is 0.907. The van der Waals surface area contributed by atoms with E-state index in [2.05, 4.69) is 0 Å². The van der Waals surface area contributed by atoms with Crippen molar-refractivity contribution in [3.8, 4) is 0 Å². The third-order valence-corrected chi connectivity index (χ3v) is 0. The van der Waals surface area contributed by atoms with Crippen LogP contribution in [0.3, 0.4) is 0 Å². The summed E-state index contributed by atoms with van der Waals surface area (Å²) in [5, 5.41) is 0. The number of nitrogens with one attached hydrogen (secondary N) is 2. The third kappa shape index (κ3) is 15900. The summed E-state index contributed by atoms with van der Waals surface area (Å²) in [6.07, 6.45) is 0. The molecule has 0 aromatic rings. The molecule has 0 spiro atoms. The van der Waals surface area contributed by atoms with Crippen LogP contribution in [0.25, 0.3) is 11.5 Å². The van der Waals surface area contributed by atoms with Crippen molar-refractivity contribution in [3.05, 3.63) is 11.5 Å². The van der Waals surface area contributed by atoms with E-state index in [1.54, 1.807) is 0 Å². The second-order valence-corrected chi connectivity index (χ2v) is 5.98. The SMILES string of the molecule is CC(C)[NH-].CC(C)[NH-].O=S(=O)([O-])[O-].O=S(=O)([O-])[O-].O=S(=O)([O-])[O-].[Pt+4].[Pt+4]. The fraction of sp³-hybridized carbons (Fsp3) is 1.00. The van der Waals surface area contributed by atoms with Gasteiger partial charge in [-0.05, 0) is 0 Å². The van der Waals surface area contributed by atoms with E-state index in [1.165, 1.54) is 0 Å². The zero-order chi connectivity index (χ0) is 20.7. The fourth-order valence-electron chi connectivity index (χ4n) is 0. The predicted molar refractivity (Wildman–Crippen MR) is 70.3 cm³/mol. The van der Waals surface area contributed by atoms with E-state index < -0.39 is 31.2 Å². The Morgan fingerprint density at radius 3 is 0.520 bits per heavy atom. The summed E-state index contributed by atoms with van der Waals surface area (Å²) < 4.78 is 102. The first kappa shape index (κ1) is 45.0. The van der Waals surface area contributed by atoms with Crippen molar-refractivity contribution < 1.29 is 94.7 Å². The number of hydrogen-bond acceptors (Lipinski definition) is 12. The van der Waals surface area contributed by atoms with Gasteiger partial charge in [0.15, 0.2) is 0 Å². The largest absolute Gasteiger partial charge is 4.00 e. The molecular weight excluding hydrogens is 778 g/mol. The Kier molecular flexibility index (Phi) is 41.3. The van der Waals surface area contributed by atoms with Crippen LogP contribution in [0, 0.1) is 0 Å². The van der Waals surface area contributed by atoms with Crippen LogP contribution in [0.15, 0.2) is 0 Å². The van der Waals surface area contributed by atoms with Crippen LogP contribution >= 0.6 is 0 Å². The van der Waals surface area contributed by atoms with Gasteiger partial charge in [0.25, 0.3) is 0 Å². The Morgan fingerprint density at radius 2 is 0.520 bits per heavy atom. The van der Waals surface area contributed by atoms with Crippen molar-refractivity contribution in [2.24, 2.45) is 0 Å². The van der Waals surface area contributed by atoms with Gasteiger partial charge in [0.2, 0.25) is 0 Å². The first-order valence-corrected chi connectivity index (χ1v) is 8.89. The van der Waals surface area contributed by atoms with Crippen LogP contribution in [0.2, 0.25) is 0 Å². The maximum absolute atomic E-state index is 8.52. The van der Waals surface area contributed by atoms with Gasteiger partial charge in [0.05, 0.1) is 0 Å². The van der Waals surface area contributed by atoms with E-state index >= 15 is 0 Å². The molecule has 0 rings (SSSR count). The molecule has 0 heterocycles. The molecule has 0 radical (unpaired) electrons. The predicted octanol–water partition coefficient (Wildman–Crippen LogP) is -1.12. The zero-order valence-corrected chi connectivity index (χ0v) is 19.9. The van der Waals surface area contributed by atoms with Crippen LogP contribution in [0.1, 0.15) is 27.7 Å². The fourth-order valence-corrected chi connectivity index (χ4v) is 0. The van der Waals surface area contributed by atoms with Gasteiger partial charge in [0, 0.05) is 31.2 Å². The Balaban J connectivity index is -0.0000000319. The van der Waals surface area contributed by atoms with Crippen molar-refractivity contribution in [2.45, 2.75) is 39.8 Å². The van der Waals surface area contributed by atoms with Crippen molar-refractivity contribution in [1.29, 1.82) is 0 Å². The molecule has 0 aromatic carbocycles. The Morgan fingerprint density at radius 1 is 0.520 bits per heavy atom. The molecule has 0 aromatic heterocycles. The zero-order valence-electron chi connectivity index (χ0n) is 12.9. The summed E-state index contributed by atoms with van der Waals surface area (Å²) in [6.45, 7) is 7.33. The molecule has 0 saturated heterocycles. The summed E-state index contributed by atoms with van der Waals surface area (Å²) in [4.78, 5) is 0. The molecule has 0 unspecified atom stereocenters. The molecule has 0 atom stereocenters. The second kappa shape index (κ2) is 22.9. The van der Waals surface area contributed by atoms with Crippen molar-refractivity contribution in [3.63, 3.8) is 0 Å². The van der Waals surface area contributed by atoms with Crippen LogP contribution in [-0.4, -0.2) is 64.7 Å². The normalized spacial score (nSPS) is 9.84. The van der Waals surface area contributed by atoms with Crippen LogP contribution < -0.4 is 0 Å². The van der Waals surface area contributed by atoms with Gasteiger partial charge < -0.3 is 38.8 Å².